The van der Waals surface area contributed by atoms with Crippen LogP contribution in [0.15, 0.2) is 121 Å². The van der Waals surface area contributed by atoms with Crippen LogP contribution in [0.2, 0.25) is 0 Å². The van der Waals surface area contributed by atoms with Gasteiger partial charge in [0.05, 0.1) is 33.0 Å². The van der Waals surface area contributed by atoms with Crippen molar-refractivity contribution in [3.8, 4) is 0 Å². The zero-order valence-corrected chi connectivity index (χ0v) is 24.5. The fraction of sp³-hybridized carbons (Fsp3) is 0.306. The van der Waals surface area contributed by atoms with Crippen molar-refractivity contribution in [2.75, 3.05) is 13.2 Å². The summed E-state index contributed by atoms with van der Waals surface area (Å²) in [6.45, 7) is 0.808. The molecule has 1 aliphatic heterocycles. The van der Waals surface area contributed by atoms with E-state index in [1.165, 1.54) is 0 Å². The Morgan fingerprint density at radius 1 is 0.545 bits per heavy atom. The van der Waals surface area contributed by atoms with Crippen molar-refractivity contribution in [3.05, 3.63) is 144 Å². The lowest BCUT2D eigenvalue weighted by molar-refractivity contribution is -0.327. The number of ether oxygens (including phenoxy) is 6. The number of rotatable bonds is 16. The molecule has 44 heavy (non-hydrogen) atoms. The van der Waals surface area contributed by atoms with Crippen LogP contribution >= 0.6 is 0 Å². The van der Waals surface area contributed by atoms with Crippen molar-refractivity contribution in [1.82, 2.24) is 0 Å². The quantitative estimate of drug-likeness (QED) is 0.173. The molecule has 0 radical (unpaired) electrons. The highest BCUT2D eigenvalue weighted by Gasteiger charge is 2.49. The molecule has 4 aromatic rings. The first-order valence-electron chi connectivity index (χ1n) is 14.7. The third-order valence-electron chi connectivity index (χ3n) is 7.21. The van der Waals surface area contributed by atoms with Crippen LogP contribution in [0.5, 0.6) is 0 Å². The normalized spacial score (nSPS) is 21.6. The maximum Gasteiger partial charge on any atom is 0.329 e. The summed E-state index contributed by atoms with van der Waals surface area (Å²) >= 11 is 0. The Bertz CT molecular complexity index is 1370. The summed E-state index contributed by atoms with van der Waals surface area (Å²) in [7, 11) is 0. The molecule has 5 atom stereocenters. The Hall–Kier alpha value is -3.89. The topological polar surface area (TPSA) is 92.7 Å². The van der Waals surface area contributed by atoms with Crippen LogP contribution in [-0.2, 0) is 59.6 Å². The highest BCUT2D eigenvalue weighted by molar-refractivity contribution is 5.68. The molecule has 1 unspecified atom stereocenters. The minimum Gasteiger partial charge on any atom is -0.480 e. The van der Waals surface area contributed by atoms with Gasteiger partial charge in [0.1, 0.15) is 31.0 Å². The predicted molar refractivity (Wildman–Crippen MR) is 163 cm³/mol. The Morgan fingerprint density at radius 3 is 1.41 bits per heavy atom. The molecule has 230 valence electrons. The van der Waals surface area contributed by atoms with E-state index in [4.69, 9.17) is 28.4 Å². The molecule has 4 aromatic carbocycles. The Labute approximate surface area is 258 Å². The molecule has 1 aliphatic rings. The minimum atomic E-state index is -1.11. The summed E-state index contributed by atoms with van der Waals surface area (Å²) in [4.78, 5) is 11.6. The molecule has 0 amide bonds. The summed E-state index contributed by atoms with van der Waals surface area (Å²) in [6.07, 6.45) is -3.79. The molecule has 1 heterocycles. The van der Waals surface area contributed by atoms with Crippen LogP contribution < -0.4 is 0 Å². The lowest BCUT2D eigenvalue weighted by Crippen LogP contribution is -2.62. The molecule has 1 N–H and O–H groups in total. The Kier molecular flexibility index (Phi) is 12.1. The second-order valence-electron chi connectivity index (χ2n) is 10.5. The van der Waals surface area contributed by atoms with Gasteiger partial charge in [0.2, 0.25) is 0 Å². The van der Waals surface area contributed by atoms with Gasteiger partial charge in [0.15, 0.2) is 6.29 Å². The van der Waals surface area contributed by atoms with E-state index in [2.05, 4.69) is 0 Å². The van der Waals surface area contributed by atoms with E-state index in [9.17, 15) is 9.90 Å². The molecular weight excluding hydrogens is 560 g/mol. The number of aliphatic carboxylic acids is 1. The van der Waals surface area contributed by atoms with Gasteiger partial charge in [0.25, 0.3) is 0 Å². The fourth-order valence-electron chi connectivity index (χ4n) is 5.03. The molecule has 0 aliphatic carbocycles. The third kappa shape index (κ3) is 9.56. The molecule has 5 rings (SSSR count). The van der Waals surface area contributed by atoms with Gasteiger partial charge in [-0.05, 0) is 22.3 Å². The van der Waals surface area contributed by atoms with Gasteiger partial charge in [-0.2, -0.15) is 0 Å². The van der Waals surface area contributed by atoms with Gasteiger partial charge >= 0.3 is 5.97 Å². The molecule has 1 saturated heterocycles. The summed E-state index contributed by atoms with van der Waals surface area (Å²) < 4.78 is 37.9. The predicted octanol–water partition coefficient (Wildman–Crippen LogP) is 5.79. The molecule has 8 heteroatoms. The van der Waals surface area contributed by atoms with Gasteiger partial charge in [-0.3, -0.25) is 0 Å². The summed E-state index contributed by atoms with van der Waals surface area (Å²) in [5.74, 6) is -1.11. The number of carboxylic acid groups (broad SMARTS) is 1. The van der Waals surface area contributed by atoms with Gasteiger partial charge in [0, 0.05) is 0 Å². The second-order valence-corrected chi connectivity index (χ2v) is 10.5. The minimum absolute atomic E-state index is 0.165. The van der Waals surface area contributed by atoms with Gasteiger partial charge in [-0.15, -0.1) is 0 Å². The molecule has 0 bridgehead atoms. The smallest absolute Gasteiger partial charge is 0.329 e. The van der Waals surface area contributed by atoms with Crippen molar-refractivity contribution in [1.29, 1.82) is 0 Å². The number of carbonyl (C=O) groups is 1. The first-order chi connectivity index (χ1) is 21.7. The molecule has 0 saturated carbocycles. The van der Waals surface area contributed by atoms with E-state index >= 15 is 0 Å². The first kappa shape index (κ1) is 31.5. The third-order valence-corrected chi connectivity index (χ3v) is 7.21. The average Bonchev–Trinajstić information content (AvgIpc) is 3.07. The van der Waals surface area contributed by atoms with E-state index in [0.717, 1.165) is 22.3 Å². The molecule has 1 fully saturated rings. The van der Waals surface area contributed by atoms with Crippen molar-refractivity contribution in [3.63, 3.8) is 0 Å². The SMILES string of the molecule is O=C(O)COC1O[C@H](COCc2ccccc2)[C@@H](OCc2ccccc2)[C@H](OCc2ccccc2)[C@H]1OCc1ccccc1. The monoisotopic (exact) mass is 598 g/mol. The highest BCUT2D eigenvalue weighted by Crippen LogP contribution is 2.31. The van der Waals surface area contributed by atoms with Gasteiger partial charge in [-0.25, -0.2) is 4.79 Å². The van der Waals surface area contributed by atoms with Crippen molar-refractivity contribution in [2.24, 2.45) is 0 Å². The summed E-state index contributed by atoms with van der Waals surface area (Å²) in [5, 5.41) is 9.45. The van der Waals surface area contributed by atoms with Gasteiger partial charge < -0.3 is 33.5 Å². The van der Waals surface area contributed by atoms with Crippen molar-refractivity contribution in [2.45, 2.75) is 57.1 Å². The van der Waals surface area contributed by atoms with E-state index in [0.29, 0.717) is 13.2 Å². The zero-order chi connectivity index (χ0) is 30.4. The number of hydrogen-bond donors (Lipinski definition) is 1. The zero-order valence-electron chi connectivity index (χ0n) is 24.5. The largest absolute Gasteiger partial charge is 0.480 e. The van der Waals surface area contributed by atoms with Crippen LogP contribution in [0.25, 0.3) is 0 Å². The van der Waals surface area contributed by atoms with Crippen LogP contribution in [0, 0.1) is 0 Å². The standard InChI is InChI=1S/C36H38O8/c37-32(38)26-43-36-35(42-24-30-19-11-4-12-20-30)34(41-23-29-17-9-3-10-18-29)33(40-22-28-15-7-2-8-16-28)31(44-36)25-39-21-27-13-5-1-6-14-27/h1-20,31,33-36H,21-26H2,(H,37,38)/t31-,33-,34+,35-,36?/m1/s1. The van der Waals surface area contributed by atoms with E-state index in [-0.39, 0.29) is 19.8 Å². The first-order valence-corrected chi connectivity index (χ1v) is 14.7. The van der Waals surface area contributed by atoms with Gasteiger partial charge in [-0.1, -0.05) is 121 Å². The maximum absolute atomic E-state index is 11.6. The van der Waals surface area contributed by atoms with Crippen LogP contribution in [0.3, 0.4) is 0 Å². The number of carboxylic acids is 1. The molecule has 0 aromatic heterocycles. The Balaban J connectivity index is 1.42. The summed E-state index contributed by atoms with van der Waals surface area (Å²) in [5.41, 5.74) is 3.93. The maximum atomic E-state index is 11.6. The average molecular weight is 599 g/mol. The summed E-state index contributed by atoms with van der Waals surface area (Å²) in [6, 6.07) is 39.3. The molecule has 0 spiro atoms. The lowest BCUT2D eigenvalue weighted by Gasteiger charge is -2.45. The van der Waals surface area contributed by atoms with Crippen molar-refractivity contribution >= 4 is 5.97 Å². The van der Waals surface area contributed by atoms with E-state index in [1.54, 1.807) is 0 Å². The number of benzene rings is 4. The Morgan fingerprint density at radius 2 is 0.955 bits per heavy atom. The van der Waals surface area contributed by atoms with Crippen LogP contribution in [0.4, 0.5) is 0 Å². The highest BCUT2D eigenvalue weighted by atomic mass is 16.7. The second kappa shape index (κ2) is 16.8. The molecular formula is C36H38O8. The van der Waals surface area contributed by atoms with Crippen LogP contribution in [-0.4, -0.2) is 55.0 Å². The van der Waals surface area contributed by atoms with E-state index < -0.39 is 43.3 Å². The van der Waals surface area contributed by atoms with Crippen LogP contribution in [0.1, 0.15) is 22.3 Å². The molecule has 8 nitrogen and oxygen atoms in total. The lowest BCUT2D eigenvalue weighted by atomic mass is 9.97. The van der Waals surface area contributed by atoms with E-state index in [1.807, 2.05) is 121 Å². The van der Waals surface area contributed by atoms with Crippen molar-refractivity contribution < 1.29 is 38.3 Å². The fourth-order valence-corrected chi connectivity index (χ4v) is 5.03. The number of hydrogen-bond acceptors (Lipinski definition) is 7.